The van der Waals surface area contributed by atoms with Crippen molar-refractivity contribution in [2.24, 2.45) is 0 Å². The summed E-state index contributed by atoms with van der Waals surface area (Å²) in [5.74, 6) is 0.0567. The zero-order valence-electron chi connectivity index (χ0n) is 12.3. The number of nitrogens with zero attached hydrogens (tertiary/aromatic N) is 1. The number of hydrogen-bond donors (Lipinski definition) is 1. The van der Waals surface area contributed by atoms with Gasteiger partial charge in [-0.3, -0.25) is 9.69 Å². The molecule has 5 heteroatoms. The maximum Gasteiger partial charge on any atom is 0.266 e. The Morgan fingerprint density at radius 2 is 1.78 bits per heavy atom. The van der Waals surface area contributed by atoms with Crippen molar-refractivity contribution in [1.29, 1.82) is 0 Å². The highest BCUT2D eigenvalue weighted by Gasteiger charge is 2.31. The van der Waals surface area contributed by atoms with Crippen molar-refractivity contribution in [3.05, 3.63) is 70.6 Å². The summed E-state index contributed by atoms with van der Waals surface area (Å²) < 4.78 is 0.563. The van der Waals surface area contributed by atoms with Crippen LogP contribution in [0.25, 0.3) is 6.08 Å². The molecule has 116 valence electrons. The maximum absolute atomic E-state index is 12.5. The van der Waals surface area contributed by atoms with E-state index in [1.165, 1.54) is 17.3 Å². The second-order valence-electron chi connectivity index (χ2n) is 5.13. The van der Waals surface area contributed by atoms with Gasteiger partial charge in [0, 0.05) is 12.1 Å². The summed E-state index contributed by atoms with van der Waals surface area (Å²) in [6, 6.07) is 17.0. The number of hydrogen-bond acceptors (Lipinski definition) is 4. The molecule has 2 aromatic carbocycles. The molecule has 0 aliphatic carbocycles. The largest absolute Gasteiger partial charge is 0.507 e. The van der Waals surface area contributed by atoms with Crippen molar-refractivity contribution in [3.8, 4) is 5.75 Å². The fourth-order valence-electron chi connectivity index (χ4n) is 2.33. The highest BCUT2D eigenvalue weighted by atomic mass is 32.2. The fourth-order valence-corrected chi connectivity index (χ4v) is 3.63. The average molecular weight is 341 g/mol. The minimum Gasteiger partial charge on any atom is -0.507 e. The summed E-state index contributed by atoms with van der Waals surface area (Å²) in [5.41, 5.74) is 1.79. The number of carbonyl (C=O) groups excluding carboxylic acids is 1. The highest BCUT2D eigenvalue weighted by Crippen LogP contribution is 2.34. The van der Waals surface area contributed by atoms with Crippen LogP contribution in [0.5, 0.6) is 5.75 Å². The van der Waals surface area contributed by atoms with Crippen molar-refractivity contribution in [2.45, 2.75) is 6.42 Å². The predicted octanol–water partition coefficient (Wildman–Crippen LogP) is 3.84. The van der Waals surface area contributed by atoms with Crippen LogP contribution < -0.4 is 0 Å². The van der Waals surface area contributed by atoms with E-state index in [4.69, 9.17) is 12.2 Å². The Hall–Kier alpha value is -2.11. The molecule has 1 fully saturated rings. The molecule has 1 aliphatic rings. The zero-order chi connectivity index (χ0) is 16.2. The molecule has 1 saturated heterocycles. The van der Waals surface area contributed by atoms with Crippen LogP contribution in [0.1, 0.15) is 11.1 Å². The van der Waals surface area contributed by atoms with Crippen LogP contribution in [0.2, 0.25) is 0 Å². The Labute approximate surface area is 144 Å². The Balaban J connectivity index is 1.74. The quantitative estimate of drug-likeness (QED) is 0.678. The van der Waals surface area contributed by atoms with E-state index in [1.54, 1.807) is 29.2 Å². The van der Waals surface area contributed by atoms with Crippen LogP contribution in [0.3, 0.4) is 0 Å². The Kier molecular flexibility index (Phi) is 4.79. The van der Waals surface area contributed by atoms with Gasteiger partial charge in [-0.05, 0) is 24.1 Å². The van der Waals surface area contributed by atoms with E-state index in [0.717, 1.165) is 6.42 Å². The molecule has 0 bridgehead atoms. The number of para-hydroxylation sites is 1. The predicted molar refractivity (Wildman–Crippen MR) is 98.1 cm³/mol. The molecule has 0 radical (unpaired) electrons. The molecule has 1 N–H and O–H groups in total. The molecular weight excluding hydrogens is 326 g/mol. The first-order chi connectivity index (χ1) is 11.1. The summed E-state index contributed by atoms with van der Waals surface area (Å²) in [6.07, 6.45) is 2.45. The van der Waals surface area contributed by atoms with E-state index in [-0.39, 0.29) is 11.7 Å². The maximum atomic E-state index is 12.5. The Bertz CT molecular complexity index is 772. The molecule has 2 aromatic rings. The van der Waals surface area contributed by atoms with Gasteiger partial charge in [-0.15, -0.1) is 0 Å². The van der Waals surface area contributed by atoms with Crippen LogP contribution in [0, 0.1) is 0 Å². The summed E-state index contributed by atoms with van der Waals surface area (Å²) in [7, 11) is 0. The van der Waals surface area contributed by atoms with Crippen LogP contribution >= 0.6 is 24.0 Å². The van der Waals surface area contributed by atoms with E-state index in [0.29, 0.717) is 21.3 Å². The lowest BCUT2D eigenvalue weighted by Gasteiger charge is -2.14. The molecule has 23 heavy (non-hydrogen) atoms. The summed E-state index contributed by atoms with van der Waals surface area (Å²) in [6.45, 7) is 0.562. The Morgan fingerprint density at radius 3 is 2.52 bits per heavy atom. The van der Waals surface area contributed by atoms with Crippen LogP contribution in [-0.4, -0.2) is 26.8 Å². The Morgan fingerprint density at radius 1 is 1.09 bits per heavy atom. The number of phenols is 1. The van der Waals surface area contributed by atoms with Gasteiger partial charge in [0.2, 0.25) is 0 Å². The summed E-state index contributed by atoms with van der Waals surface area (Å²) in [5, 5.41) is 9.83. The SMILES string of the molecule is O=C1/C(=C/c2ccccc2O)SC(=S)N1CCc1ccccc1. The lowest BCUT2D eigenvalue weighted by atomic mass is 10.1. The topological polar surface area (TPSA) is 40.5 Å². The standard InChI is InChI=1S/C18H15NO2S2/c20-15-9-5-4-8-14(15)12-16-17(21)19(18(22)23-16)11-10-13-6-2-1-3-7-13/h1-9,12,20H,10-11H2/b16-12-. The number of thiocarbonyl (C=S) groups is 1. The third kappa shape index (κ3) is 3.63. The molecule has 1 heterocycles. The molecule has 0 atom stereocenters. The molecular formula is C18H15NO2S2. The lowest BCUT2D eigenvalue weighted by Crippen LogP contribution is -2.30. The van der Waals surface area contributed by atoms with Crippen molar-refractivity contribution in [1.82, 2.24) is 4.90 Å². The molecule has 0 aromatic heterocycles. The molecule has 0 spiro atoms. The van der Waals surface area contributed by atoms with E-state index in [1.807, 2.05) is 36.4 Å². The third-order valence-electron chi connectivity index (χ3n) is 3.56. The molecule has 3 nitrogen and oxygen atoms in total. The highest BCUT2D eigenvalue weighted by molar-refractivity contribution is 8.26. The van der Waals surface area contributed by atoms with Gasteiger partial charge in [-0.2, -0.15) is 0 Å². The summed E-state index contributed by atoms with van der Waals surface area (Å²) >= 11 is 6.60. The zero-order valence-corrected chi connectivity index (χ0v) is 13.9. The normalized spacial score (nSPS) is 16.3. The summed E-state index contributed by atoms with van der Waals surface area (Å²) in [4.78, 5) is 14.7. The van der Waals surface area contributed by atoms with E-state index in [2.05, 4.69) is 0 Å². The second kappa shape index (κ2) is 6.98. The lowest BCUT2D eigenvalue weighted by molar-refractivity contribution is -0.122. The van der Waals surface area contributed by atoms with Crippen LogP contribution in [0.15, 0.2) is 59.5 Å². The third-order valence-corrected chi connectivity index (χ3v) is 4.94. The van der Waals surface area contributed by atoms with Crippen LogP contribution in [0.4, 0.5) is 0 Å². The van der Waals surface area contributed by atoms with Gasteiger partial charge in [-0.25, -0.2) is 0 Å². The number of benzene rings is 2. The van der Waals surface area contributed by atoms with Crippen molar-refractivity contribution in [2.75, 3.05) is 6.54 Å². The van der Waals surface area contributed by atoms with E-state index >= 15 is 0 Å². The first-order valence-electron chi connectivity index (χ1n) is 7.22. The average Bonchev–Trinajstić information content (AvgIpc) is 2.82. The van der Waals surface area contributed by atoms with Gasteiger partial charge in [0.1, 0.15) is 10.1 Å². The van der Waals surface area contributed by atoms with E-state index < -0.39 is 0 Å². The molecule has 0 unspecified atom stereocenters. The minimum atomic E-state index is -0.0980. The van der Waals surface area contributed by atoms with Crippen molar-refractivity contribution >= 4 is 40.3 Å². The molecule has 3 rings (SSSR count). The van der Waals surface area contributed by atoms with Gasteiger partial charge in [0.15, 0.2) is 0 Å². The molecule has 1 aliphatic heterocycles. The monoisotopic (exact) mass is 341 g/mol. The van der Waals surface area contributed by atoms with Gasteiger partial charge in [-0.1, -0.05) is 72.5 Å². The number of rotatable bonds is 4. The molecule has 1 amide bonds. The van der Waals surface area contributed by atoms with Crippen molar-refractivity contribution in [3.63, 3.8) is 0 Å². The number of aromatic hydroxyl groups is 1. The second-order valence-corrected chi connectivity index (χ2v) is 6.80. The smallest absolute Gasteiger partial charge is 0.266 e. The van der Waals surface area contributed by atoms with Gasteiger partial charge in [0.25, 0.3) is 5.91 Å². The first-order valence-corrected chi connectivity index (χ1v) is 8.45. The number of amides is 1. The minimum absolute atomic E-state index is 0.0980. The van der Waals surface area contributed by atoms with Gasteiger partial charge >= 0.3 is 0 Å². The number of phenolic OH excluding ortho intramolecular Hbond substituents is 1. The first kappa shape index (κ1) is 15.8. The van der Waals surface area contributed by atoms with Gasteiger partial charge in [0.05, 0.1) is 4.91 Å². The number of thioether (sulfide) groups is 1. The van der Waals surface area contributed by atoms with Crippen LogP contribution in [-0.2, 0) is 11.2 Å². The fraction of sp³-hybridized carbons (Fsp3) is 0.111. The van der Waals surface area contributed by atoms with E-state index in [9.17, 15) is 9.90 Å². The van der Waals surface area contributed by atoms with Gasteiger partial charge < -0.3 is 5.11 Å². The molecule has 0 saturated carbocycles. The number of carbonyl (C=O) groups is 1. The van der Waals surface area contributed by atoms with Crippen molar-refractivity contribution < 1.29 is 9.90 Å².